The third-order valence-electron chi connectivity index (χ3n) is 2.44. The molecule has 0 bridgehead atoms. The van der Waals surface area contributed by atoms with E-state index in [0.717, 1.165) is 16.4 Å². The fraction of sp³-hybridized carbons (Fsp3) is 0.556. The largest absolute Gasteiger partial charge is 0.457 e. The number of hydrogen-bond acceptors (Lipinski definition) is 1. The van der Waals surface area contributed by atoms with Crippen molar-refractivity contribution in [2.75, 3.05) is 5.33 Å². The average Bonchev–Trinajstić information content (AvgIpc) is 2.71. The van der Waals surface area contributed by atoms with Gasteiger partial charge < -0.3 is 4.42 Å². The Morgan fingerprint density at radius 2 is 2.25 bits per heavy atom. The maximum absolute atomic E-state index is 5.18. The van der Waals surface area contributed by atoms with Crippen molar-refractivity contribution in [2.45, 2.75) is 19.3 Å². The zero-order valence-electron chi connectivity index (χ0n) is 6.65. The van der Waals surface area contributed by atoms with Gasteiger partial charge in [0.05, 0.1) is 6.26 Å². The molecule has 1 aliphatic rings. The molecule has 0 amide bonds. The molecule has 2 rings (SSSR count). The molecule has 0 spiro atoms. The Labute approximate surface area is 88.8 Å². The molecule has 1 aromatic heterocycles. The maximum atomic E-state index is 5.18. The summed E-state index contributed by atoms with van der Waals surface area (Å²) in [7, 11) is 0. The van der Waals surface area contributed by atoms with Gasteiger partial charge in [0, 0.05) is 5.33 Å². The highest BCUT2D eigenvalue weighted by Crippen LogP contribution is 2.49. The van der Waals surface area contributed by atoms with Crippen LogP contribution in [0.1, 0.15) is 18.4 Å². The van der Waals surface area contributed by atoms with E-state index in [2.05, 4.69) is 37.9 Å². The van der Waals surface area contributed by atoms with Crippen molar-refractivity contribution in [1.82, 2.24) is 0 Å². The van der Waals surface area contributed by atoms with E-state index in [1.807, 2.05) is 6.26 Å². The molecular weight excluding hydrogens is 284 g/mol. The van der Waals surface area contributed by atoms with Crippen LogP contribution < -0.4 is 0 Å². The van der Waals surface area contributed by atoms with E-state index in [1.54, 1.807) is 0 Å². The molecule has 1 aromatic rings. The van der Waals surface area contributed by atoms with E-state index >= 15 is 0 Å². The highest BCUT2D eigenvalue weighted by Gasteiger charge is 2.41. The van der Waals surface area contributed by atoms with E-state index in [9.17, 15) is 0 Å². The van der Waals surface area contributed by atoms with Crippen molar-refractivity contribution in [1.29, 1.82) is 0 Å². The fourth-order valence-electron chi connectivity index (χ4n) is 1.41. The third-order valence-corrected chi connectivity index (χ3v) is 4.05. The molecule has 1 nitrogen and oxygen atoms in total. The van der Waals surface area contributed by atoms with E-state index < -0.39 is 0 Å². The van der Waals surface area contributed by atoms with Crippen LogP contribution in [0.15, 0.2) is 21.4 Å². The SMILES string of the molecule is BrCC1(Cc2coc(Br)c2)CC1. The number of rotatable bonds is 3. The lowest BCUT2D eigenvalue weighted by Crippen LogP contribution is -2.05. The van der Waals surface area contributed by atoms with Crippen molar-refractivity contribution < 1.29 is 4.42 Å². The van der Waals surface area contributed by atoms with Crippen LogP contribution in [-0.2, 0) is 6.42 Å². The van der Waals surface area contributed by atoms with Gasteiger partial charge in [0.2, 0.25) is 0 Å². The summed E-state index contributed by atoms with van der Waals surface area (Å²) in [5.41, 5.74) is 1.85. The number of hydrogen-bond donors (Lipinski definition) is 0. The van der Waals surface area contributed by atoms with Gasteiger partial charge >= 0.3 is 0 Å². The van der Waals surface area contributed by atoms with Crippen LogP contribution in [0, 0.1) is 5.41 Å². The molecule has 12 heavy (non-hydrogen) atoms. The summed E-state index contributed by atoms with van der Waals surface area (Å²) < 4.78 is 6.02. The zero-order valence-corrected chi connectivity index (χ0v) is 9.82. The van der Waals surface area contributed by atoms with E-state index in [1.165, 1.54) is 18.4 Å². The lowest BCUT2D eigenvalue weighted by molar-refractivity contribution is 0.529. The fourth-order valence-corrected chi connectivity index (χ4v) is 2.55. The lowest BCUT2D eigenvalue weighted by Gasteiger charge is -2.07. The second-order valence-corrected chi connectivity index (χ2v) is 4.91. The Morgan fingerprint density at radius 3 is 2.67 bits per heavy atom. The molecule has 0 aliphatic heterocycles. The second kappa shape index (κ2) is 3.18. The van der Waals surface area contributed by atoms with Crippen LogP contribution in [0.4, 0.5) is 0 Å². The van der Waals surface area contributed by atoms with Gasteiger partial charge in [-0.05, 0) is 52.2 Å². The molecule has 1 aliphatic carbocycles. The minimum atomic E-state index is 0.545. The minimum absolute atomic E-state index is 0.545. The molecular formula is C9H10Br2O. The van der Waals surface area contributed by atoms with Crippen molar-refractivity contribution in [3.05, 3.63) is 22.6 Å². The highest BCUT2D eigenvalue weighted by atomic mass is 79.9. The molecule has 0 aromatic carbocycles. The quantitative estimate of drug-likeness (QED) is 0.774. The normalized spacial score (nSPS) is 19.5. The first kappa shape index (κ1) is 8.82. The first-order valence-electron chi connectivity index (χ1n) is 4.03. The standard InChI is InChI=1S/C9H10Br2O/c10-6-9(1-2-9)4-7-3-8(11)12-5-7/h3,5H,1-2,4,6H2. The van der Waals surface area contributed by atoms with Crippen LogP contribution in [0.2, 0.25) is 0 Å². The summed E-state index contributed by atoms with van der Waals surface area (Å²) in [6.45, 7) is 0. The van der Waals surface area contributed by atoms with E-state index in [0.29, 0.717) is 5.41 Å². The molecule has 0 N–H and O–H groups in total. The molecule has 0 saturated heterocycles. The van der Waals surface area contributed by atoms with Gasteiger partial charge in [0.1, 0.15) is 0 Å². The van der Waals surface area contributed by atoms with Crippen LogP contribution in [0.5, 0.6) is 0 Å². The Balaban J connectivity index is 2.04. The predicted molar refractivity (Wildman–Crippen MR) is 55.6 cm³/mol. The molecule has 1 heterocycles. The molecule has 66 valence electrons. The lowest BCUT2D eigenvalue weighted by atomic mass is 10.0. The zero-order chi connectivity index (χ0) is 8.60. The van der Waals surface area contributed by atoms with Crippen LogP contribution in [0.25, 0.3) is 0 Å². The van der Waals surface area contributed by atoms with Gasteiger partial charge in [-0.2, -0.15) is 0 Å². The van der Waals surface area contributed by atoms with Crippen LogP contribution >= 0.6 is 31.9 Å². The van der Waals surface area contributed by atoms with Crippen molar-refractivity contribution in [3.8, 4) is 0 Å². The summed E-state index contributed by atoms with van der Waals surface area (Å²) >= 11 is 6.86. The molecule has 3 heteroatoms. The Bertz CT molecular complexity index is 276. The topological polar surface area (TPSA) is 13.1 Å². The summed E-state index contributed by atoms with van der Waals surface area (Å²) in [4.78, 5) is 0. The summed E-state index contributed by atoms with van der Waals surface area (Å²) in [5, 5.41) is 1.11. The molecule has 0 unspecified atom stereocenters. The van der Waals surface area contributed by atoms with Gasteiger partial charge in [0.15, 0.2) is 4.67 Å². The van der Waals surface area contributed by atoms with Gasteiger partial charge in [-0.3, -0.25) is 0 Å². The number of furan rings is 1. The third kappa shape index (κ3) is 1.77. The van der Waals surface area contributed by atoms with Crippen LogP contribution in [0.3, 0.4) is 0 Å². The predicted octanol–water partition coefficient (Wildman–Crippen LogP) is 3.76. The minimum Gasteiger partial charge on any atom is -0.457 e. The number of halogens is 2. The smallest absolute Gasteiger partial charge is 0.169 e. The number of alkyl halides is 1. The molecule has 1 saturated carbocycles. The van der Waals surface area contributed by atoms with Crippen molar-refractivity contribution >= 4 is 31.9 Å². The Hall–Kier alpha value is 0.240. The Morgan fingerprint density at radius 1 is 1.50 bits per heavy atom. The Kier molecular flexibility index (Phi) is 2.34. The van der Waals surface area contributed by atoms with Gasteiger partial charge in [0.25, 0.3) is 0 Å². The van der Waals surface area contributed by atoms with Crippen LogP contribution in [-0.4, -0.2) is 5.33 Å². The first-order chi connectivity index (χ1) is 5.74. The summed E-state index contributed by atoms with van der Waals surface area (Å²) in [5.74, 6) is 0. The van der Waals surface area contributed by atoms with E-state index in [-0.39, 0.29) is 0 Å². The molecule has 0 atom stereocenters. The van der Waals surface area contributed by atoms with Gasteiger partial charge in [-0.25, -0.2) is 0 Å². The molecule has 1 fully saturated rings. The molecule has 0 radical (unpaired) electrons. The van der Waals surface area contributed by atoms with Gasteiger partial charge in [-0.15, -0.1) is 0 Å². The summed E-state index contributed by atoms with van der Waals surface area (Å²) in [6, 6.07) is 2.06. The van der Waals surface area contributed by atoms with Gasteiger partial charge in [-0.1, -0.05) is 15.9 Å². The first-order valence-corrected chi connectivity index (χ1v) is 5.94. The maximum Gasteiger partial charge on any atom is 0.169 e. The summed E-state index contributed by atoms with van der Waals surface area (Å²) in [6.07, 6.45) is 5.68. The van der Waals surface area contributed by atoms with Crippen molar-refractivity contribution in [2.24, 2.45) is 5.41 Å². The second-order valence-electron chi connectivity index (χ2n) is 3.57. The van der Waals surface area contributed by atoms with Crippen molar-refractivity contribution in [3.63, 3.8) is 0 Å². The van der Waals surface area contributed by atoms with E-state index in [4.69, 9.17) is 4.42 Å². The highest BCUT2D eigenvalue weighted by molar-refractivity contribution is 9.10. The monoisotopic (exact) mass is 292 g/mol. The average molecular weight is 294 g/mol.